The molecule has 0 amide bonds. The molecule has 1 rings (SSSR count). The molecule has 84 valence electrons. The smallest absolute Gasteiger partial charge is 0.0639 e. The van der Waals surface area contributed by atoms with Crippen LogP contribution in [-0.4, -0.2) is 29.7 Å². The zero-order chi connectivity index (χ0) is 11.4. The third-order valence-corrected chi connectivity index (χ3v) is 2.47. The molecule has 0 aromatic heterocycles. The summed E-state index contributed by atoms with van der Waals surface area (Å²) in [7, 11) is 1.98. The number of nitrogens with zero attached hydrogens (tertiary/aromatic N) is 1. The molecule has 0 saturated carbocycles. The van der Waals surface area contributed by atoms with E-state index in [2.05, 4.69) is 20.8 Å². The fraction of sp³-hybridized carbons (Fsp3) is 0.455. The Morgan fingerprint density at radius 3 is 2.67 bits per heavy atom. The molecule has 3 nitrogen and oxygen atoms in total. The van der Waals surface area contributed by atoms with Gasteiger partial charge in [0.25, 0.3) is 0 Å². The van der Waals surface area contributed by atoms with Crippen LogP contribution >= 0.6 is 15.9 Å². The molecule has 0 aliphatic carbocycles. The van der Waals surface area contributed by atoms with Crippen molar-refractivity contribution < 1.29 is 5.11 Å². The molecule has 0 spiro atoms. The summed E-state index contributed by atoms with van der Waals surface area (Å²) < 4.78 is 0.989. The number of benzene rings is 1. The average Bonchev–Trinajstić information content (AvgIpc) is 1.98. The van der Waals surface area contributed by atoms with Crippen LogP contribution in [-0.2, 0) is 6.54 Å². The second kappa shape index (κ2) is 5.49. The zero-order valence-corrected chi connectivity index (χ0v) is 10.7. The molecule has 0 fully saturated rings. The first-order valence-corrected chi connectivity index (χ1v) is 5.68. The van der Waals surface area contributed by atoms with Crippen molar-refractivity contribution in [2.75, 3.05) is 19.3 Å². The van der Waals surface area contributed by atoms with E-state index in [4.69, 9.17) is 5.73 Å². The summed E-state index contributed by atoms with van der Waals surface area (Å²) in [5, 5.41) is 9.23. The molecule has 0 radical (unpaired) electrons. The predicted molar refractivity (Wildman–Crippen MR) is 66.6 cm³/mol. The first-order chi connectivity index (χ1) is 6.97. The highest BCUT2D eigenvalue weighted by molar-refractivity contribution is 9.10. The maximum atomic E-state index is 9.23. The maximum absolute atomic E-state index is 9.23. The predicted octanol–water partition coefficient (Wildman–Crippen LogP) is 1.84. The quantitative estimate of drug-likeness (QED) is 0.823. The van der Waals surface area contributed by atoms with Crippen LogP contribution in [0.4, 0.5) is 5.69 Å². The third kappa shape index (κ3) is 4.64. The van der Waals surface area contributed by atoms with Crippen molar-refractivity contribution in [2.24, 2.45) is 0 Å². The van der Waals surface area contributed by atoms with Crippen molar-refractivity contribution in [1.29, 1.82) is 0 Å². The average molecular weight is 273 g/mol. The van der Waals surface area contributed by atoms with Crippen molar-refractivity contribution in [2.45, 2.75) is 19.6 Å². The fourth-order valence-electron chi connectivity index (χ4n) is 1.59. The van der Waals surface area contributed by atoms with E-state index < -0.39 is 0 Å². The summed E-state index contributed by atoms with van der Waals surface area (Å²) in [5.74, 6) is 0. The molecule has 0 aliphatic heterocycles. The van der Waals surface area contributed by atoms with E-state index in [1.54, 1.807) is 6.92 Å². The minimum absolute atomic E-state index is 0.306. The standard InChI is InChI=1S/C11H17BrN2O/c1-8(15)6-14(2)7-9-3-10(12)5-11(13)4-9/h3-5,8,15H,6-7,13H2,1-2H3. The van der Waals surface area contributed by atoms with Gasteiger partial charge in [-0.25, -0.2) is 0 Å². The van der Waals surface area contributed by atoms with Crippen LogP contribution in [0.1, 0.15) is 12.5 Å². The van der Waals surface area contributed by atoms with E-state index in [9.17, 15) is 5.11 Å². The van der Waals surface area contributed by atoms with Crippen LogP contribution < -0.4 is 5.73 Å². The molecule has 1 unspecified atom stereocenters. The molecule has 3 N–H and O–H groups in total. The third-order valence-electron chi connectivity index (χ3n) is 2.01. The summed E-state index contributed by atoms with van der Waals surface area (Å²) in [5.41, 5.74) is 7.64. The van der Waals surface area contributed by atoms with E-state index in [0.29, 0.717) is 6.54 Å². The van der Waals surface area contributed by atoms with Crippen molar-refractivity contribution in [1.82, 2.24) is 4.90 Å². The highest BCUT2D eigenvalue weighted by Crippen LogP contribution is 2.18. The lowest BCUT2D eigenvalue weighted by atomic mass is 10.2. The van der Waals surface area contributed by atoms with Gasteiger partial charge in [-0.05, 0) is 37.7 Å². The Bertz CT molecular complexity index is 308. The Morgan fingerprint density at radius 1 is 1.47 bits per heavy atom. The SMILES string of the molecule is CC(O)CN(C)Cc1cc(N)cc(Br)c1. The van der Waals surface area contributed by atoms with E-state index in [1.807, 2.05) is 25.2 Å². The number of nitrogens with two attached hydrogens (primary N) is 1. The number of likely N-dealkylation sites (N-methyl/N-ethyl adjacent to an activating group) is 1. The van der Waals surface area contributed by atoms with Crippen LogP contribution in [0.2, 0.25) is 0 Å². The van der Waals surface area contributed by atoms with Gasteiger partial charge in [-0.3, -0.25) is 4.90 Å². The number of aliphatic hydroxyl groups excluding tert-OH is 1. The first-order valence-electron chi connectivity index (χ1n) is 4.89. The van der Waals surface area contributed by atoms with E-state index in [1.165, 1.54) is 0 Å². The van der Waals surface area contributed by atoms with Gasteiger partial charge in [0.1, 0.15) is 0 Å². The molecule has 1 aromatic carbocycles. The van der Waals surface area contributed by atoms with E-state index in [0.717, 1.165) is 22.3 Å². The topological polar surface area (TPSA) is 49.5 Å². The number of nitrogen functional groups attached to an aromatic ring is 1. The van der Waals surface area contributed by atoms with E-state index in [-0.39, 0.29) is 6.10 Å². The van der Waals surface area contributed by atoms with Crippen LogP contribution in [0.5, 0.6) is 0 Å². The lowest BCUT2D eigenvalue weighted by molar-refractivity contribution is 0.138. The minimum atomic E-state index is -0.306. The van der Waals surface area contributed by atoms with Crippen molar-refractivity contribution in [3.63, 3.8) is 0 Å². The Labute approximate surface area is 99.0 Å². The highest BCUT2D eigenvalue weighted by Gasteiger charge is 2.04. The van der Waals surface area contributed by atoms with Crippen molar-refractivity contribution >= 4 is 21.6 Å². The van der Waals surface area contributed by atoms with Gasteiger partial charge < -0.3 is 10.8 Å². The molecule has 4 heteroatoms. The monoisotopic (exact) mass is 272 g/mol. The summed E-state index contributed by atoms with van der Waals surface area (Å²) in [4.78, 5) is 2.06. The molecular formula is C11H17BrN2O. The number of halogens is 1. The Morgan fingerprint density at radius 2 is 2.13 bits per heavy atom. The molecular weight excluding hydrogens is 256 g/mol. The van der Waals surface area contributed by atoms with Gasteiger partial charge in [0, 0.05) is 23.2 Å². The molecule has 1 atom stereocenters. The zero-order valence-electron chi connectivity index (χ0n) is 9.07. The molecule has 0 saturated heterocycles. The summed E-state index contributed by atoms with van der Waals surface area (Å²) >= 11 is 3.41. The fourth-order valence-corrected chi connectivity index (χ4v) is 2.15. The van der Waals surface area contributed by atoms with Gasteiger partial charge in [0.05, 0.1) is 6.10 Å². The molecule has 0 heterocycles. The Kier molecular flexibility index (Phi) is 4.57. The van der Waals surface area contributed by atoms with Crippen LogP contribution in [0.3, 0.4) is 0 Å². The van der Waals surface area contributed by atoms with Gasteiger partial charge in [-0.15, -0.1) is 0 Å². The lowest BCUT2D eigenvalue weighted by Crippen LogP contribution is -2.26. The summed E-state index contributed by atoms with van der Waals surface area (Å²) in [6.07, 6.45) is -0.306. The van der Waals surface area contributed by atoms with Gasteiger partial charge in [-0.1, -0.05) is 15.9 Å². The minimum Gasteiger partial charge on any atom is -0.399 e. The number of anilines is 1. The largest absolute Gasteiger partial charge is 0.399 e. The number of hydrogen-bond acceptors (Lipinski definition) is 3. The highest BCUT2D eigenvalue weighted by atomic mass is 79.9. The summed E-state index contributed by atoms with van der Waals surface area (Å²) in [6.45, 7) is 3.23. The second-order valence-corrected chi connectivity index (χ2v) is 4.85. The van der Waals surface area contributed by atoms with Crippen LogP contribution in [0.15, 0.2) is 22.7 Å². The maximum Gasteiger partial charge on any atom is 0.0639 e. The Hall–Kier alpha value is -0.580. The molecule has 15 heavy (non-hydrogen) atoms. The second-order valence-electron chi connectivity index (χ2n) is 3.94. The van der Waals surface area contributed by atoms with Crippen molar-refractivity contribution in [3.05, 3.63) is 28.2 Å². The number of aliphatic hydroxyl groups is 1. The van der Waals surface area contributed by atoms with Crippen LogP contribution in [0.25, 0.3) is 0 Å². The van der Waals surface area contributed by atoms with Crippen molar-refractivity contribution in [3.8, 4) is 0 Å². The number of hydrogen-bond donors (Lipinski definition) is 2. The summed E-state index contributed by atoms with van der Waals surface area (Å²) in [6, 6.07) is 5.86. The normalized spacial score (nSPS) is 13.1. The first kappa shape index (κ1) is 12.5. The molecule has 0 bridgehead atoms. The number of rotatable bonds is 4. The Balaban J connectivity index is 2.63. The van der Waals surface area contributed by atoms with Gasteiger partial charge in [0.15, 0.2) is 0 Å². The van der Waals surface area contributed by atoms with Crippen LogP contribution in [0, 0.1) is 0 Å². The molecule has 1 aromatic rings. The van der Waals surface area contributed by atoms with Gasteiger partial charge >= 0.3 is 0 Å². The van der Waals surface area contributed by atoms with Gasteiger partial charge in [-0.2, -0.15) is 0 Å². The van der Waals surface area contributed by atoms with E-state index >= 15 is 0 Å². The lowest BCUT2D eigenvalue weighted by Gasteiger charge is -2.18. The molecule has 0 aliphatic rings. The van der Waals surface area contributed by atoms with Gasteiger partial charge in [0.2, 0.25) is 0 Å².